The van der Waals surface area contributed by atoms with Crippen molar-refractivity contribution in [2.75, 3.05) is 25.0 Å². The van der Waals surface area contributed by atoms with Crippen molar-refractivity contribution in [1.82, 2.24) is 4.90 Å². The zero-order chi connectivity index (χ0) is 16.8. The Bertz CT molecular complexity index is 672. The van der Waals surface area contributed by atoms with Crippen molar-refractivity contribution in [1.29, 1.82) is 0 Å². The Morgan fingerprint density at radius 3 is 2.62 bits per heavy atom. The second-order valence-corrected chi connectivity index (χ2v) is 6.26. The van der Waals surface area contributed by atoms with Crippen LogP contribution >= 0.6 is 0 Å². The molecule has 0 spiro atoms. The Balaban J connectivity index is 1.71. The van der Waals surface area contributed by atoms with Crippen molar-refractivity contribution in [2.24, 2.45) is 0 Å². The maximum Gasteiger partial charge on any atom is 0.238 e. The lowest BCUT2D eigenvalue weighted by Crippen LogP contribution is -2.45. The molecule has 0 bridgehead atoms. The van der Waals surface area contributed by atoms with Gasteiger partial charge in [0, 0.05) is 17.3 Å². The lowest BCUT2D eigenvalue weighted by Gasteiger charge is -2.33. The standard InChI is InChI=1S/C20H24N2O2/c23-15-17-10-6-7-13-22(17)14-20(24)21-19-12-5-4-11-18(19)16-8-2-1-3-9-16/h1-5,8-9,11-12,17,23H,6-7,10,13-15H2,(H,21,24). The first-order valence-electron chi connectivity index (χ1n) is 8.57. The van der Waals surface area contributed by atoms with Crippen molar-refractivity contribution in [3.05, 3.63) is 54.6 Å². The maximum absolute atomic E-state index is 12.5. The molecule has 2 N–H and O–H groups in total. The number of amides is 1. The highest BCUT2D eigenvalue weighted by molar-refractivity contribution is 5.96. The van der Waals surface area contributed by atoms with Crippen molar-refractivity contribution in [3.63, 3.8) is 0 Å². The molecule has 2 aromatic carbocycles. The number of para-hydroxylation sites is 1. The number of hydrogen-bond donors (Lipinski definition) is 2. The smallest absolute Gasteiger partial charge is 0.238 e. The number of nitrogens with zero attached hydrogens (tertiary/aromatic N) is 1. The second-order valence-electron chi connectivity index (χ2n) is 6.26. The Morgan fingerprint density at radius 1 is 1.08 bits per heavy atom. The van der Waals surface area contributed by atoms with Gasteiger partial charge in [-0.2, -0.15) is 0 Å². The number of rotatable bonds is 5. The Hall–Kier alpha value is -2.17. The zero-order valence-electron chi connectivity index (χ0n) is 13.8. The number of likely N-dealkylation sites (tertiary alicyclic amines) is 1. The van der Waals surface area contributed by atoms with Crippen LogP contribution in [0, 0.1) is 0 Å². The van der Waals surface area contributed by atoms with E-state index >= 15 is 0 Å². The van der Waals surface area contributed by atoms with Crippen LogP contribution in [0.1, 0.15) is 19.3 Å². The molecule has 1 saturated heterocycles. The van der Waals surface area contributed by atoms with Crippen LogP contribution in [-0.2, 0) is 4.79 Å². The number of carbonyl (C=O) groups is 1. The molecule has 1 fully saturated rings. The molecular formula is C20H24N2O2. The van der Waals surface area contributed by atoms with Crippen molar-refractivity contribution in [2.45, 2.75) is 25.3 Å². The molecule has 24 heavy (non-hydrogen) atoms. The molecule has 4 heteroatoms. The second kappa shape index (κ2) is 8.08. The summed E-state index contributed by atoms with van der Waals surface area (Å²) in [5.41, 5.74) is 2.93. The molecule has 1 heterocycles. The minimum absolute atomic E-state index is 0.0290. The molecule has 2 aromatic rings. The summed E-state index contributed by atoms with van der Waals surface area (Å²) in [6.07, 6.45) is 3.18. The van der Waals surface area contributed by atoms with Crippen molar-refractivity contribution >= 4 is 11.6 Å². The van der Waals surface area contributed by atoms with Gasteiger partial charge in [0.05, 0.1) is 13.2 Å². The number of hydrogen-bond acceptors (Lipinski definition) is 3. The first-order valence-corrected chi connectivity index (χ1v) is 8.57. The lowest BCUT2D eigenvalue weighted by atomic mass is 10.0. The molecule has 0 saturated carbocycles. The number of anilines is 1. The Morgan fingerprint density at radius 2 is 1.83 bits per heavy atom. The predicted octanol–water partition coefficient (Wildman–Crippen LogP) is 3.14. The molecule has 1 aliphatic heterocycles. The molecule has 1 unspecified atom stereocenters. The van der Waals surface area contributed by atoms with Crippen LogP contribution in [0.25, 0.3) is 11.1 Å². The van der Waals surface area contributed by atoms with E-state index < -0.39 is 0 Å². The van der Waals surface area contributed by atoms with Crippen LogP contribution in [-0.4, -0.2) is 41.7 Å². The van der Waals surface area contributed by atoms with E-state index in [1.54, 1.807) is 0 Å². The van der Waals surface area contributed by atoms with Gasteiger partial charge in [0.2, 0.25) is 5.91 Å². The van der Waals surface area contributed by atoms with E-state index in [0.717, 1.165) is 42.6 Å². The molecule has 1 aliphatic rings. The fraction of sp³-hybridized carbons (Fsp3) is 0.350. The summed E-state index contributed by atoms with van der Waals surface area (Å²) in [6.45, 7) is 1.32. The Labute approximate surface area is 143 Å². The monoisotopic (exact) mass is 324 g/mol. The number of nitrogens with one attached hydrogen (secondary N) is 1. The molecule has 1 atom stereocenters. The van der Waals surface area contributed by atoms with E-state index in [4.69, 9.17) is 0 Å². The lowest BCUT2D eigenvalue weighted by molar-refractivity contribution is -0.118. The summed E-state index contributed by atoms with van der Waals surface area (Å²) < 4.78 is 0. The van der Waals surface area contributed by atoms with Gasteiger partial charge in [-0.25, -0.2) is 0 Å². The molecule has 0 radical (unpaired) electrons. The minimum atomic E-state index is -0.0290. The third-order valence-corrected chi connectivity index (χ3v) is 4.59. The first kappa shape index (κ1) is 16.7. The molecular weight excluding hydrogens is 300 g/mol. The van der Waals surface area contributed by atoms with Crippen LogP contribution in [0.3, 0.4) is 0 Å². The van der Waals surface area contributed by atoms with E-state index in [1.165, 1.54) is 0 Å². The number of aliphatic hydroxyl groups is 1. The van der Waals surface area contributed by atoms with Crippen LogP contribution < -0.4 is 5.32 Å². The average Bonchev–Trinajstić information content (AvgIpc) is 2.63. The number of aliphatic hydroxyl groups excluding tert-OH is 1. The molecule has 0 aromatic heterocycles. The van der Waals surface area contributed by atoms with Crippen molar-refractivity contribution in [3.8, 4) is 11.1 Å². The van der Waals surface area contributed by atoms with Crippen LogP contribution in [0.2, 0.25) is 0 Å². The molecule has 126 valence electrons. The normalized spacial score (nSPS) is 18.3. The third-order valence-electron chi connectivity index (χ3n) is 4.59. The minimum Gasteiger partial charge on any atom is -0.395 e. The number of carbonyl (C=O) groups excluding carboxylic acids is 1. The van der Waals surface area contributed by atoms with Crippen LogP contribution in [0.15, 0.2) is 54.6 Å². The van der Waals surface area contributed by atoms with E-state index in [9.17, 15) is 9.90 Å². The quantitative estimate of drug-likeness (QED) is 0.888. The molecule has 0 aliphatic carbocycles. The number of benzene rings is 2. The van der Waals surface area contributed by atoms with Gasteiger partial charge in [0.1, 0.15) is 0 Å². The summed E-state index contributed by atoms with van der Waals surface area (Å²) >= 11 is 0. The average molecular weight is 324 g/mol. The fourth-order valence-corrected chi connectivity index (χ4v) is 3.31. The highest BCUT2D eigenvalue weighted by Crippen LogP contribution is 2.27. The fourth-order valence-electron chi connectivity index (χ4n) is 3.31. The number of piperidine rings is 1. The van der Waals surface area contributed by atoms with E-state index in [2.05, 4.69) is 10.2 Å². The van der Waals surface area contributed by atoms with Gasteiger partial charge < -0.3 is 10.4 Å². The van der Waals surface area contributed by atoms with E-state index in [-0.39, 0.29) is 18.6 Å². The van der Waals surface area contributed by atoms with Gasteiger partial charge >= 0.3 is 0 Å². The summed E-state index contributed by atoms with van der Waals surface area (Å²) in [7, 11) is 0. The topological polar surface area (TPSA) is 52.6 Å². The highest BCUT2D eigenvalue weighted by Gasteiger charge is 2.23. The summed E-state index contributed by atoms with van der Waals surface area (Å²) in [5, 5.41) is 12.5. The van der Waals surface area contributed by atoms with Gasteiger partial charge in [-0.15, -0.1) is 0 Å². The zero-order valence-corrected chi connectivity index (χ0v) is 13.8. The molecule has 1 amide bonds. The summed E-state index contributed by atoms with van der Waals surface area (Å²) in [6, 6.07) is 18.0. The van der Waals surface area contributed by atoms with Crippen LogP contribution in [0.4, 0.5) is 5.69 Å². The predicted molar refractivity (Wildman–Crippen MR) is 96.8 cm³/mol. The van der Waals surface area contributed by atoms with Gasteiger partial charge in [0.25, 0.3) is 0 Å². The van der Waals surface area contributed by atoms with Gasteiger partial charge in [0.15, 0.2) is 0 Å². The Kier molecular flexibility index (Phi) is 5.62. The SMILES string of the molecule is O=C(CN1CCCCC1CO)Nc1ccccc1-c1ccccc1. The van der Waals surface area contributed by atoms with Crippen molar-refractivity contribution < 1.29 is 9.90 Å². The van der Waals surface area contributed by atoms with Gasteiger partial charge in [-0.3, -0.25) is 9.69 Å². The van der Waals surface area contributed by atoms with E-state index in [1.807, 2.05) is 54.6 Å². The van der Waals surface area contributed by atoms with Gasteiger partial charge in [-0.05, 0) is 31.0 Å². The largest absolute Gasteiger partial charge is 0.395 e. The molecule has 4 nitrogen and oxygen atoms in total. The first-order chi connectivity index (χ1) is 11.8. The van der Waals surface area contributed by atoms with Crippen LogP contribution in [0.5, 0.6) is 0 Å². The highest BCUT2D eigenvalue weighted by atomic mass is 16.3. The summed E-state index contributed by atoms with van der Waals surface area (Å²) in [5.74, 6) is -0.0290. The maximum atomic E-state index is 12.5. The third kappa shape index (κ3) is 4.02. The summed E-state index contributed by atoms with van der Waals surface area (Å²) in [4.78, 5) is 14.6. The van der Waals surface area contributed by atoms with E-state index in [0.29, 0.717) is 6.54 Å². The molecule has 3 rings (SSSR count). The van der Waals surface area contributed by atoms with Gasteiger partial charge in [-0.1, -0.05) is 55.0 Å².